The number of anilines is 1. The number of carbonyl (C=O) groups excluding carboxylic acids is 1. The summed E-state index contributed by atoms with van der Waals surface area (Å²) in [7, 11) is 2.21. The van der Waals surface area contributed by atoms with Gasteiger partial charge in [-0.3, -0.25) is 4.79 Å². The van der Waals surface area contributed by atoms with E-state index in [1.54, 1.807) is 18.2 Å². The third-order valence-corrected chi connectivity index (χ3v) is 4.68. The Kier molecular flexibility index (Phi) is 6.91. The molecular formula is C15H24Cl2N4O. The second-order valence-corrected chi connectivity index (χ2v) is 5.99. The van der Waals surface area contributed by atoms with Gasteiger partial charge in [-0.25, -0.2) is 4.98 Å². The van der Waals surface area contributed by atoms with Crippen molar-refractivity contribution in [2.75, 3.05) is 12.8 Å². The monoisotopic (exact) mass is 346 g/mol. The van der Waals surface area contributed by atoms with Crippen LogP contribution in [-0.4, -0.2) is 41.0 Å². The molecule has 3 rings (SSSR count). The van der Waals surface area contributed by atoms with Crippen LogP contribution < -0.4 is 11.1 Å². The van der Waals surface area contributed by atoms with E-state index in [0.29, 0.717) is 23.6 Å². The van der Waals surface area contributed by atoms with E-state index in [2.05, 4.69) is 22.2 Å². The summed E-state index contributed by atoms with van der Waals surface area (Å²) in [4.78, 5) is 18.8. The van der Waals surface area contributed by atoms with Gasteiger partial charge in [-0.1, -0.05) is 12.5 Å². The summed E-state index contributed by atoms with van der Waals surface area (Å²) in [5.74, 6) is 0.280. The van der Waals surface area contributed by atoms with Crippen LogP contribution in [0.2, 0.25) is 0 Å². The largest absolute Gasteiger partial charge is 0.384 e. The van der Waals surface area contributed by atoms with Gasteiger partial charge in [0, 0.05) is 18.1 Å². The van der Waals surface area contributed by atoms with Crippen molar-refractivity contribution in [2.45, 2.75) is 50.2 Å². The van der Waals surface area contributed by atoms with Crippen molar-refractivity contribution in [3.8, 4) is 0 Å². The molecule has 3 N–H and O–H groups in total. The zero-order valence-electron chi connectivity index (χ0n) is 12.7. The van der Waals surface area contributed by atoms with E-state index in [9.17, 15) is 4.79 Å². The Bertz CT molecular complexity index is 500. The second-order valence-electron chi connectivity index (χ2n) is 5.99. The van der Waals surface area contributed by atoms with Gasteiger partial charge in [0.1, 0.15) is 11.5 Å². The molecule has 1 aromatic heterocycles. The topological polar surface area (TPSA) is 71.2 Å². The van der Waals surface area contributed by atoms with Gasteiger partial charge in [0.05, 0.1) is 0 Å². The highest BCUT2D eigenvalue weighted by Crippen LogP contribution is 2.32. The first-order valence-electron chi connectivity index (χ1n) is 7.39. The number of carbonyl (C=O) groups is 1. The van der Waals surface area contributed by atoms with Crippen LogP contribution in [0.3, 0.4) is 0 Å². The summed E-state index contributed by atoms with van der Waals surface area (Å²) in [6.45, 7) is 0. The highest BCUT2D eigenvalue weighted by Gasteiger charge is 2.36. The Hall–Kier alpha value is -1.04. The Morgan fingerprint density at radius 3 is 2.50 bits per heavy atom. The highest BCUT2D eigenvalue weighted by atomic mass is 35.5. The lowest BCUT2D eigenvalue weighted by Gasteiger charge is -2.47. The lowest BCUT2D eigenvalue weighted by atomic mass is 9.82. The van der Waals surface area contributed by atoms with Crippen LogP contribution in [0.15, 0.2) is 18.2 Å². The normalized spacial score (nSPS) is 27.2. The molecule has 124 valence electrons. The van der Waals surface area contributed by atoms with E-state index >= 15 is 0 Å². The van der Waals surface area contributed by atoms with E-state index < -0.39 is 0 Å². The minimum Gasteiger partial charge on any atom is -0.384 e. The standard InChI is InChI=1S/C15H22N4O.2ClH/c1-19-11-4-2-5-12(19)9-10(8-11)17-15(20)13-6-3-7-14(16)18-13;;/h3,6-7,10-12H,2,4-5,8-9H2,1H3,(H2,16,18)(H,17,20);2*1H. The third-order valence-electron chi connectivity index (χ3n) is 4.68. The number of rotatable bonds is 2. The summed E-state index contributed by atoms with van der Waals surface area (Å²) in [5, 5.41) is 3.13. The molecule has 5 nitrogen and oxygen atoms in total. The van der Waals surface area contributed by atoms with E-state index in [4.69, 9.17) is 5.73 Å². The maximum absolute atomic E-state index is 12.2. The molecule has 2 bridgehead atoms. The first-order valence-corrected chi connectivity index (χ1v) is 7.39. The molecule has 0 spiro atoms. The predicted octanol–water partition coefficient (Wildman–Crippen LogP) is 2.25. The van der Waals surface area contributed by atoms with Gasteiger partial charge in [0.2, 0.25) is 0 Å². The fourth-order valence-electron chi connectivity index (χ4n) is 3.57. The molecule has 2 saturated heterocycles. The Morgan fingerprint density at radius 2 is 1.91 bits per heavy atom. The molecule has 2 aliphatic rings. The summed E-state index contributed by atoms with van der Waals surface area (Å²) in [6, 6.07) is 6.65. The Labute approximate surface area is 143 Å². The zero-order chi connectivity index (χ0) is 14.1. The number of nitrogen functional groups attached to an aromatic ring is 1. The molecule has 0 radical (unpaired) electrons. The molecule has 22 heavy (non-hydrogen) atoms. The molecule has 2 atom stereocenters. The highest BCUT2D eigenvalue weighted by molar-refractivity contribution is 5.92. The number of halogens is 2. The van der Waals surface area contributed by atoms with Crippen molar-refractivity contribution >= 4 is 36.5 Å². The van der Waals surface area contributed by atoms with Crippen molar-refractivity contribution < 1.29 is 4.79 Å². The SMILES string of the molecule is CN1C2CCCC1CC(NC(=O)c1cccc(N)n1)C2.Cl.Cl. The van der Waals surface area contributed by atoms with Crippen molar-refractivity contribution in [3.63, 3.8) is 0 Å². The molecule has 3 heterocycles. The molecule has 0 aromatic carbocycles. The zero-order valence-corrected chi connectivity index (χ0v) is 14.3. The minimum absolute atomic E-state index is 0. The Morgan fingerprint density at radius 1 is 1.27 bits per heavy atom. The average Bonchev–Trinajstić information content (AvgIpc) is 2.40. The summed E-state index contributed by atoms with van der Waals surface area (Å²) in [6.07, 6.45) is 5.89. The van der Waals surface area contributed by atoms with Crippen LogP contribution in [0.5, 0.6) is 0 Å². The van der Waals surface area contributed by atoms with Crippen LogP contribution in [0.4, 0.5) is 5.82 Å². The van der Waals surface area contributed by atoms with Gasteiger partial charge < -0.3 is 16.0 Å². The predicted molar refractivity (Wildman–Crippen MR) is 92.8 cm³/mol. The Balaban J connectivity index is 0.00000121. The van der Waals surface area contributed by atoms with E-state index in [1.807, 2.05) is 0 Å². The third kappa shape index (κ3) is 4.03. The van der Waals surface area contributed by atoms with Gasteiger partial charge in [-0.05, 0) is 44.9 Å². The van der Waals surface area contributed by atoms with Gasteiger partial charge in [-0.15, -0.1) is 24.8 Å². The van der Waals surface area contributed by atoms with Gasteiger partial charge in [0.15, 0.2) is 0 Å². The molecule has 1 aromatic rings. The number of aromatic nitrogens is 1. The van der Waals surface area contributed by atoms with Crippen molar-refractivity contribution in [1.29, 1.82) is 0 Å². The number of piperidine rings is 2. The molecule has 7 heteroatoms. The fraction of sp³-hybridized carbons (Fsp3) is 0.600. The molecule has 1 amide bonds. The number of nitrogens with two attached hydrogens (primary N) is 1. The first kappa shape index (κ1) is 19.0. The van der Waals surface area contributed by atoms with Crippen LogP contribution in [0.1, 0.15) is 42.6 Å². The van der Waals surface area contributed by atoms with Crippen molar-refractivity contribution in [1.82, 2.24) is 15.2 Å². The van der Waals surface area contributed by atoms with E-state index in [1.165, 1.54) is 19.3 Å². The average molecular weight is 347 g/mol. The van der Waals surface area contributed by atoms with Crippen LogP contribution >= 0.6 is 24.8 Å². The van der Waals surface area contributed by atoms with Gasteiger partial charge in [-0.2, -0.15) is 0 Å². The lowest BCUT2D eigenvalue weighted by Crippen LogP contribution is -2.55. The maximum Gasteiger partial charge on any atom is 0.270 e. The van der Waals surface area contributed by atoms with Crippen LogP contribution in [0.25, 0.3) is 0 Å². The van der Waals surface area contributed by atoms with Crippen LogP contribution in [-0.2, 0) is 0 Å². The molecular weight excluding hydrogens is 323 g/mol. The van der Waals surface area contributed by atoms with Crippen molar-refractivity contribution in [3.05, 3.63) is 23.9 Å². The number of hydrogen-bond acceptors (Lipinski definition) is 4. The quantitative estimate of drug-likeness (QED) is 0.861. The van der Waals surface area contributed by atoms with E-state index in [-0.39, 0.29) is 36.8 Å². The molecule has 0 saturated carbocycles. The number of pyridine rings is 1. The number of fused-ring (bicyclic) bond motifs is 2. The fourth-order valence-corrected chi connectivity index (χ4v) is 3.57. The first-order chi connectivity index (χ1) is 9.63. The summed E-state index contributed by atoms with van der Waals surface area (Å²) < 4.78 is 0. The lowest BCUT2D eigenvalue weighted by molar-refractivity contribution is 0.0462. The summed E-state index contributed by atoms with van der Waals surface area (Å²) >= 11 is 0. The maximum atomic E-state index is 12.2. The number of nitrogens with zero attached hydrogens (tertiary/aromatic N) is 2. The van der Waals surface area contributed by atoms with Crippen molar-refractivity contribution in [2.24, 2.45) is 0 Å². The number of amides is 1. The minimum atomic E-state index is -0.107. The molecule has 2 unspecified atom stereocenters. The molecule has 2 aliphatic heterocycles. The smallest absolute Gasteiger partial charge is 0.270 e. The summed E-state index contributed by atoms with van der Waals surface area (Å²) in [5.41, 5.74) is 6.04. The second kappa shape index (κ2) is 7.99. The van der Waals surface area contributed by atoms with Crippen LogP contribution in [0, 0.1) is 0 Å². The van der Waals surface area contributed by atoms with E-state index in [0.717, 1.165) is 12.8 Å². The molecule has 2 fully saturated rings. The number of nitrogens with one attached hydrogen (secondary N) is 1. The number of hydrogen-bond donors (Lipinski definition) is 2. The molecule has 0 aliphatic carbocycles. The van der Waals surface area contributed by atoms with Gasteiger partial charge >= 0.3 is 0 Å². The van der Waals surface area contributed by atoms with Gasteiger partial charge in [0.25, 0.3) is 5.91 Å².